The first-order valence-corrected chi connectivity index (χ1v) is 14.2. The molecule has 0 aromatic heterocycles. The summed E-state index contributed by atoms with van der Waals surface area (Å²) >= 11 is 0. The minimum Gasteiger partial charge on any atom is -0.494 e. The number of benzene rings is 1. The van der Waals surface area contributed by atoms with Crippen LogP contribution in [0.1, 0.15) is 104 Å². The Labute approximate surface area is 208 Å². The SMILES string of the molecule is CCCCCOc1ccc(OCCCOC(=O)C2CCC(C3CCC(CCC)CC3)CC2)cc1. The zero-order valence-corrected chi connectivity index (χ0v) is 21.8. The summed E-state index contributed by atoms with van der Waals surface area (Å²) in [6, 6.07) is 7.79. The quantitative estimate of drug-likeness (QED) is 0.203. The summed E-state index contributed by atoms with van der Waals surface area (Å²) in [5.41, 5.74) is 0. The Hall–Kier alpha value is -1.71. The second kappa shape index (κ2) is 15.3. The van der Waals surface area contributed by atoms with Crippen LogP contribution in [0, 0.1) is 23.7 Å². The number of hydrogen-bond donors (Lipinski definition) is 0. The highest BCUT2D eigenvalue weighted by Gasteiger charge is 2.33. The molecule has 4 heteroatoms. The van der Waals surface area contributed by atoms with Gasteiger partial charge in [-0.1, -0.05) is 52.4 Å². The standard InChI is InChI=1S/C30H48O4/c1-3-5-6-21-32-28-17-19-29(20-18-28)33-22-7-23-34-30(31)27-15-13-26(14-16-27)25-11-9-24(8-4-2)10-12-25/h17-20,24-27H,3-16,21-23H2,1-2H3. The first kappa shape index (κ1) is 26.9. The first-order chi connectivity index (χ1) is 16.7. The maximum atomic E-state index is 12.5. The Balaban J connectivity index is 1.23. The van der Waals surface area contributed by atoms with Crippen molar-refractivity contribution in [2.75, 3.05) is 19.8 Å². The molecule has 2 saturated carbocycles. The molecule has 0 N–H and O–H groups in total. The van der Waals surface area contributed by atoms with E-state index in [0.29, 0.717) is 13.2 Å². The van der Waals surface area contributed by atoms with E-state index in [-0.39, 0.29) is 11.9 Å². The number of ether oxygens (including phenoxy) is 3. The van der Waals surface area contributed by atoms with Gasteiger partial charge in [0.25, 0.3) is 0 Å². The van der Waals surface area contributed by atoms with Crippen molar-refractivity contribution < 1.29 is 19.0 Å². The molecule has 0 spiro atoms. The number of carbonyl (C=O) groups excluding carboxylic acids is 1. The van der Waals surface area contributed by atoms with E-state index in [9.17, 15) is 4.79 Å². The topological polar surface area (TPSA) is 44.8 Å². The Morgan fingerprint density at radius 2 is 1.26 bits per heavy atom. The predicted molar refractivity (Wildman–Crippen MR) is 138 cm³/mol. The molecule has 0 radical (unpaired) electrons. The lowest BCUT2D eigenvalue weighted by molar-refractivity contribution is -0.150. The zero-order chi connectivity index (χ0) is 24.0. The first-order valence-electron chi connectivity index (χ1n) is 14.2. The lowest BCUT2D eigenvalue weighted by atomic mass is 9.69. The van der Waals surface area contributed by atoms with E-state index in [1.165, 1.54) is 64.2 Å². The number of unbranched alkanes of at least 4 members (excludes halogenated alkanes) is 2. The largest absolute Gasteiger partial charge is 0.494 e. The van der Waals surface area contributed by atoms with E-state index < -0.39 is 0 Å². The molecule has 2 aliphatic carbocycles. The van der Waals surface area contributed by atoms with Crippen molar-refractivity contribution >= 4 is 5.97 Å². The van der Waals surface area contributed by atoms with E-state index in [2.05, 4.69) is 13.8 Å². The smallest absolute Gasteiger partial charge is 0.308 e. The van der Waals surface area contributed by atoms with Crippen molar-refractivity contribution in [3.05, 3.63) is 24.3 Å². The maximum absolute atomic E-state index is 12.5. The monoisotopic (exact) mass is 472 g/mol. The molecule has 0 amide bonds. The minimum absolute atomic E-state index is 0.00896. The van der Waals surface area contributed by atoms with E-state index >= 15 is 0 Å². The van der Waals surface area contributed by atoms with E-state index in [0.717, 1.165) is 61.5 Å². The average molecular weight is 473 g/mol. The van der Waals surface area contributed by atoms with E-state index in [4.69, 9.17) is 14.2 Å². The van der Waals surface area contributed by atoms with Crippen molar-refractivity contribution in [2.45, 2.75) is 104 Å². The van der Waals surface area contributed by atoms with Crippen LogP contribution in [0.3, 0.4) is 0 Å². The average Bonchev–Trinajstić information content (AvgIpc) is 2.88. The fourth-order valence-corrected chi connectivity index (χ4v) is 5.90. The van der Waals surface area contributed by atoms with Crippen LogP contribution in [0.4, 0.5) is 0 Å². The Kier molecular flexibility index (Phi) is 12.1. The van der Waals surface area contributed by atoms with Gasteiger partial charge in [-0.05, 0) is 87.0 Å². The third-order valence-electron chi connectivity index (χ3n) is 8.00. The summed E-state index contributed by atoms with van der Waals surface area (Å²) in [7, 11) is 0. The fourth-order valence-electron chi connectivity index (χ4n) is 5.90. The Morgan fingerprint density at radius 3 is 1.82 bits per heavy atom. The van der Waals surface area contributed by atoms with Crippen LogP contribution in [0.2, 0.25) is 0 Å². The summed E-state index contributed by atoms with van der Waals surface area (Å²) in [5, 5.41) is 0. The summed E-state index contributed by atoms with van der Waals surface area (Å²) in [5.74, 6) is 4.56. The van der Waals surface area contributed by atoms with Gasteiger partial charge in [0.2, 0.25) is 0 Å². The molecule has 3 rings (SSSR count). The van der Waals surface area contributed by atoms with Crippen LogP contribution in [-0.4, -0.2) is 25.8 Å². The van der Waals surface area contributed by atoms with Crippen LogP contribution in [-0.2, 0) is 9.53 Å². The third kappa shape index (κ3) is 9.15. The summed E-state index contributed by atoms with van der Waals surface area (Å²) in [4.78, 5) is 12.5. The maximum Gasteiger partial charge on any atom is 0.308 e. The molecule has 0 atom stereocenters. The van der Waals surface area contributed by atoms with Crippen LogP contribution in [0.25, 0.3) is 0 Å². The van der Waals surface area contributed by atoms with Crippen LogP contribution < -0.4 is 9.47 Å². The normalized spacial score (nSPS) is 25.0. The summed E-state index contributed by atoms with van der Waals surface area (Å²) in [6.07, 6.45) is 17.1. The molecule has 1 aromatic rings. The van der Waals surface area contributed by atoms with Crippen molar-refractivity contribution in [3.63, 3.8) is 0 Å². The molecule has 0 heterocycles. The van der Waals surface area contributed by atoms with Gasteiger partial charge >= 0.3 is 5.97 Å². The van der Waals surface area contributed by atoms with Gasteiger partial charge in [0, 0.05) is 6.42 Å². The van der Waals surface area contributed by atoms with Crippen LogP contribution in [0.5, 0.6) is 11.5 Å². The van der Waals surface area contributed by atoms with Gasteiger partial charge in [-0.25, -0.2) is 0 Å². The van der Waals surface area contributed by atoms with Crippen molar-refractivity contribution in [1.29, 1.82) is 0 Å². The highest BCUT2D eigenvalue weighted by molar-refractivity contribution is 5.72. The van der Waals surface area contributed by atoms with Gasteiger partial charge in [0.1, 0.15) is 11.5 Å². The number of carbonyl (C=O) groups is 1. The Morgan fingerprint density at radius 1 is 0.706 bits per heavy atom. The van der Waals surface area contributed by atoms with E-state index in [1.807, 2.05) is 24.3 Å². The minimum atomic E-state index is 0.00896. The van der Waals surface area contributed by atoms with Crippen LogP contribution in [0.15, 0.2) is 24.3 Å². The van der Waals surface area contributed by atoms with Crippen LogP contribution >= 0.6 is 0 Å². The van der Waals surface area contributed by atoms with Crippen molar-refractivity contribution in [3.8, 4) is 11.5 Å². The number of hydrogen-bond acceptors (Lipinski definition) is 4. The number of rotatable bonds is 14. The molecule has 1 aromatic carbocycles. The molecule has 0 unspecified atom stereocenters. The summed E-state index contributed by atoms with van der Waals surface area (Å²) < 4.78 is 17.1. The number of esters is 1. The Bertz CT molecular complexity index is 670. The van der Waals surface area contributed by atoms with Gasteiger partial charge in [0.05, 0.1) is 25.7 Å². The molecule has 4 nitrogen and oxygen atoms in total. The van der Waals surface area contributed by atoms with Gasteiger partial charge in [-0.15, -0.1) is 0 Å². The third-order valence-corrected chi connectivity index (χ3v) is 8.00. The second-order valence-electron chi connectivity index (χ2n) is 10.6. The van der Waals surface area contributed by atoms with Gasteiger partial charge in [-0.2, -0.15) is 0 Å². The predicted octanol–water partition coefficient (Wildman–Crippen LogP) is 7.98. The lowest BCUT2D eigenvalue weighted by Crippen LogP contribution is -2.29. The van der Waals surface area contributed by atoms with Crippen molar-refractivity contribution in [1.82, 2.24) is 0 Å². The molecule has 0 saturated heterocycles. The van der Waals surface area contributed by atoms with Crippen molar-refractivity contribution in [2.24, 2.45) is 23.7 Å². The van der Waals surface area contributed by atoms with Gasteiger partial charge < -0.3 is 14.2 Å². The lowest BCUT2D eigenvalue weighted by Gasteiger charge is -2.37. The molecule has 192 valence electrons. The molecule has 0 bridgehead atoms. The molecule has 0 aliphatic heterocycles. The second-order valence-corrected chi connectivity index (χ2v) is 10.6. The highest BCUT2D eigenvalue weighted by atomic mass is 16.5. The van der Waals surface area contributed by atoms with E-state index in [1.54, 1.807) is 0 Å². The van der Waals surface area contributed by atoms with Gasteiger partial charge in [0.15, 0.2) is 0 Å². The molecular weight excluding hydrogens is 424 g/mol. The van der Waals surface area contributed by atoms with Gasteiger partial charge in [-0.3, -0.25) is 4.79 Å². The molecule has 34 heavy (non-hydrogen) atoms. The highest BCUT2D eigenvalue weighted by Crippen LogP contribution is 2.42. The zero-order valence-electron chi connectivity index (χ0n) is 21.8. The summed E-state index contributed by atoms with van der Waals surface area (Å²) in [6.45, 7) is 6.26. The molecule has 2 aliphatic rings. The molecule has 2 fully saturated rings. The molecular formula is C30H48O4. The fraction of sp³-hybridized carbons (Fsp3) is 0.767.